The second-order valence-electron chi connectivity index (χ2n) is 6.35. The largest absolute Gasteiger partial charge is 0.481 e. The minimum atomic E-state index is -0.754. The van der Waals surface area contributed by atoms with Crippen molar-refractivity contribution < 1.29 is 14.7 Å². The van der Waals surface area contributed by atoms with Crippen LogP contribution >= 0.6 is 0 Å². The van der Waals surface area contributed by atoms with E-state index in [4.69, 9.17) is 0 Å². The number of rotatable bonds is 4. The van der Waals surface area contributed by atoms with Crippen molar-refractivity contribution in [3.63, 3.8) is 0 Å². The average Bonchev–Trinajstić information content (AvgIpc) is 2.81. The molecule has 3 aliphatic carbocycles. The van der Waals surface area contributed by atoms with Crippen LogP contribution in [0.5, 0.6) is 0 Å². The number of aliphatic carboxylic acids is 1. The Bertz CT molecular complexity index is 398. The maximum Gasteiger partial charge on any atom is 0.315 e. The Hall–Kier alpha value is -1.26. The van der Waals surface area contributed by atoms with E-state index < -0.39 is 5.97 Å². The molecule has 2 bridgehead atoms. The van der Waals surface area contributed by atoms with Crippen molar-refractivity contribution in [1.82, 2.24) is 10.6 Å². The summed E-state index contributed by atoms with van der Waals surface area (Å²) >= 11 is 0. The van der Waals surface area contributed by atoms with E-state index in [1.165, 1.54) is 0 Å². The molecule has 5 heteroatoms. The maximum atomic E-state index is 11.9. The van der Waals surface area contributed by atoms with Crippen molar-refractivity contribution in [2.75, 3.05) is 0 Å². The number of urea groups is 1. The molecule has 5 nitrogen and oxygen atoms in total. The van der Waals surface area contributed by atoms with Gasteiger partial charge in [0, 0.05) is 12.1 Å². The van der Waals surface area contributed by atoms with E-state index in [1.807, 2.05) is 0 Å². The lowest BCUT2D eigenvalue weighted by atomic mass is 9.84. The average molecular weight is 266 g/mol. The maximum absolute atomic E-state index is 11.9. The standard InChI is InChI=1S/C14H22N2O3/c1-2-7-6-10(7)15-14(19)16-12-9-4-3-8(5-9)11(12)13(17)18/h7-12H,2-6H2,1H3,(H,17,18)(H2,15,16,19). The number of carboxylic acid groups (broad SMARTS) is 1. The normalized spacial score (nSPS) is 43.0. The van der Waals surface area contributed by atoms with Crippen LogP contribution in [0.3, 0.4) is 0 Å². The highest BCUT2D eigenvalue weighted by Crippen LogP contribution is 2.48. The first-order chi connectivity index (χ1) is 9.10. The Balaban J connectivity index is 1.56. The summed E-state index contributed by atoms with van der Waals surface area (Å²) in [6, 6.07) is -0.0494. The van der Waals surface area contributed by atoms with Crippen molar-refractivity contribution in [3.05, 3.63) is 0 Å². The summed E-state index contributed by atoms with van der Waals surface area (Å²) in [4.78, 5) is 23.3. The molecule has 0 heterocycles. The van der Waals surface area contributed by atoms with Crippen LogP contribution in [0.2, 0.25) is 0 Å². The van der Waals surface area contributed by atoms with Gasteiger partial charge >= 0.3 is 12.0 Å². The van der Waals surface area contributed by atoms with Crippen LogP contribution in [0.1, 0.15) is 39.0 Å². The monoisotopic (exact) mass is 266 g/mol. The molecule has 3 saturated carbocycles. The second kappa shape index (κ2) is 4.69. The molecule has 0 aromatic rings. The van der Waals surface area contributed by atoms with Gasteiger partial charge in [0.05, 0.1) is 5.92 Å². The third kappa shape index (κ3) is 2.30. The van der Waals surface area contributed by atoms with Crippen molar-refractivity contribution in [1.29, 1.82) is 0 Å². The van der Waals surface area contributed by atoms with Crippen LogP contribution in [0.25, 0.3) is 0 Å². The first-order valence-corrected chi connectivity index (χ1v) is 7.40. The third-order valence-corrected chi connectivity index (χ3v) is 5.26. The molecule has 106 valence electrons. The number of hydrogen-bond donors (Lipinski definition) is 3. The Kier molecular flexibility index (Phi) is 3.15. The Morgan fingerprint density at radius 1 is 1.16 bits per heavy atom. The van der Waals surface area contributed by atoms with E-state index in [-0.39, 0.29) is 23.9 Å². The quantitative estimate of drug-likeness (QED) is 0.723. The smallest absolute Gasteiger partial charge is 0.315 e. The molecule has 0 aromatic carbocycles. The van der Waals surface area contributed by atoms with Gasteiger partial charge < -0.3 is 15.7 Å². The van der Waals surface area contributed by atoms with Gasteiger partial charge in [0.1, 0.15) is 0 Å². The lowest BCUT2D eigenvalue weighted by Crippen LogP contribution is -2.50. The molecule has 2 amide bonds. The fraction of sp³-hybridized carbons (Fsp3) is 0.857. The van der Waals surface area contributed by atoms with Gasteiger partial charge in [0.25, 0.3) is 0 Å². The number of carbonyl (C=O) groups is 2. The molecule has 0 saturated heterocycles. The molecule has 3 fully saturated rings. The van der Waals surface area contributed by atoms with Crippen molar-refractivity contribution in [2.24, 2.45) is 23.7 Å². The summed E-state index contributed by atoms with van der Waals surface area (Å²) < 4.78 is 0. The molecular formula is C14H22N2O3. The fourth-order valence-corrected chi connectivity index (χ4v) is 4.09. The molecular weight excluding hydrogens is 244 g/mol. The minimum Gasteiger partial charge on any atom is -0.481 e. The number of carbonyl (C=O) groups excluding carboxylic acids is 1. The molecule has 0 radical (unpaired) electrons. The van der Waals surface area contributed by atoms with Gasteiger partial charge in [-0.25, -0.2) is 4.79 Å². The molecule has 6 unspecified atom stereocenters. The topological polar surface area (TPSA) is 78.4 Å². The third-order valence-electron chi connectivity index (χ3n) is 5.26. The fourth-order valence-electron chi connectivity index (χ4n) is 4.09. The van der Waals surface area contributed by atoms with E-state index in [0.29, 0.717) is 17.9 Å². The predicted octanol–water partition coefficient (Wildman–Crippen LogP) is 1.58. The highest BCUT2D eigenvalue weighted by molar-refractivity contribution is 5.78. The van der Waals surface area contributed by atoms with Gasteiger partial charge in [-0.15, -0.1) is 0 Å². The summed E-state index contributed by atoms with van der Waals surface area (Å²) in [5, 5.41) is 15.2. The van der Waals surface area contributed by atoms with Crippen LogP contribution in [-0.2, 0) is 4.79 Å². The molecule has 3 N–H and O–H groups in total. The lowest BCUT2D eigenvalue weighted by molar-refractivity contribution is -0.144. The van der Waals surface area contributed by atoms with Gasteiger partial charge in [-0.05, 0) is 43.4 Å². The number of fused-ring (bicyclic) bond motifs is 2. The Morgan fingerprint density at radius 2 is 1.89 bits per heavy atom. The van der Waals surface area contributed by atoms with E-state index in [1.54, 1.807) is 0 Å². The zero-order valence-electron chi connectivity index (χ0n) is 11.3. The summed E-state index contributed by atoms with van der Waals surface area (Å²) in [5.74, 6) is 0.0947. The van der Waals surface area contributed by atoms with Gasteiger partial charge in [0.15, 0.2) is 0 Å². The number of amides is 2. The molecule has 0 aliphatic heterocycles. The number of carboxylic acids is 1. The van der Waals surface area contributed by atoms with Crippen LogP contribution in [0.4, 0.5) is 4.79 Å². The van der Waals surface area contributed by atoms with E-state index in [9.17, 15) is 14.7 Å². The summed E-state index contributed by atoms with van der Waals surface area (Å²) in [6.07, 6.45) is 5.17. The summed E-state index contributed by atoms with van der Waals surface area (Å²) in [7, 11) is 0. The van der Waals surface area contributed by atoms with E-state index in [0.717, 1.165) is 32.1 Å². The first kappa shape index (κ1) is 12.8. The summed E-state index contributed by atoms with van der Waals surface area (Å²) in [6.45, 7) is 2.13. The first-order valence-electron chi connectivity index (χ1n) is 7.40. The molecule has 6 atom stereocenters. The van der Waals surface area contributed by atoms with Crippen molar-refractivity contribution in [3.8, 4) is 0 Å². The van der Waals surface area contributed by atoms with Gasteiger partial charge in [-0.3, -0.25) is 4.79 Å². The molecule has 0 spiro atoms. The predicted molar refractivity (Wildman–Crippen MR) is 69.6 cm³/mol. The van der Waals surface area contributed by atoms with Gasteiger partial charge in [-0.2, -0.15) is 0 Å². The van der Waals surface area contributed by atoms with Crippen LogP contribution in [0.15, 0.2) is 0 Å². The van der Waals surface area contributed by atoms with Crippen LogP contribution in [0, 0.1) is 23.7 Å². The zero-order chi connectivity index (χ0) is 13.6. The number of hydrogen-bond acceptors (Lipinski definition) is 2. The van der Waals surface area contributed by atoms with E-state index in [2.05, 4.69) is 17.6 Å². The van der Waals surface area contributed by atoms with E-state index >= 15 is 0 Å². The molecule has 0 aromatic heterocycles. The van der Waals surface area contributed by atoms with Gasteiger partial charge in [0.2, 0.25) is 0 Å². The van der Waals surface area contributed by atoms with Crippen molar-refractivity contribution in [2.45, 2.75) is 51.1 Å². The Labute approximate surface area is 113 Å². The Morgan fingerprint density at radius 3 is 2.53 bits per heavy atom. The highest BCUT2D eigenvalue weighted by atomic mass is 16.4. The number of nitrogens with one attached hydrogen (secondary N) is 2. The van der Waals surface area contributed by atoms with Crippen LogP contribution in [-0.4, -0.2) is 29.2 Å². The lowest BCUT2D eigenvalue weighted by Gasteiger charge is -2.28. The molecule has 3 aliphatic rings. The minimum absolute atomic E-state index is 0.171. The highest BCUT2D eigenvalue weighted by Gasteiger charge is 2.51. The SMILES string of the molecule is CCC1CC1NC(=O)NC1C2CCC(C2)C1C(=O)O. The zero-order valence-corrected chi connectivity index (χ0v) is 11.3. The summed E-state index contributed by atoms with van der Waals surface area (Å²) in [5.41, 5.74) is 0. The van der Waals surface area contributed by atoms with Crippen LogP contribution < -0.4 is 10.6 Å². The van der Waals surface area contributed by atoms with Gasteiger partial charge in [-0.1, -0.05) is 13.3 Å². The molecule has 19 heavy (non-hydrogen) atoms. The second-order valence-corrected chi connectivity index (χ2v) is 6.35. The van der Waals surface area contributed by atoms with Crippen molar-refractivity contribution >= 4 is 12.0 Å². The molecule has 3 rings (SSSR count).